The lowest BCUT2D eigenvalue weighted by Gasteiger charge is -2.26. The molecule has 3 aromatic carbocycles. The lowest BCUT2D eigenvalue weighted by Crippen LogP contribution is -2.29. The minimum absolute atomic E-state index is 0.0387. The van der Waals surface area contributed by atoms with Gasteiger partial charge in [0, 0.05) is 11.8 Å². The maximum Gasteiger partial charge on any atom is 0.300 e. The SMILES string of the molecule is CCCOc1ccc(C2/C(=C(/O)c3ccc(OCC)cc3OCC)C(=O)C(=O)N2c2ccc(OC)cc2)cc1. The fourth-order valence-electron chi connectivity index (χ4n) is 4.50. The molecule has 0 aliphatic carbocycles. The Kier molecular flexibility index (Phi) is 8.76. The van der Waals surface area contributed by atoms with Crippen LogP contribution in [0.3, 0.4) is 0 Å². The number of ketones is 1. The van der Waals surface area contributed by atoms with Crippen LogP contribution in [0.1, 0.15) is 44.4 Å². The van der Waals surface area contributed by atoms with Crippen molar-refractivity contribution >= 4 is 23.1 Å². The largest absolute Gasteiger partial charge is 0.507 e. The van der Waals surface area contributed by atoms with E-state index in [2.05, 4.69) is 0 Å². The van der Waals surface area contributed by atoms with E-state index in [1.165, 1.54) is 4.90 Å². The summed E-state index contributed by atoms with van der Waals surface area (Å²) in [6, 6.07) is 18.1. The zero-order valence-electron chi connectivity index (χ0n) is 22.6. The number of hydrogen-bond donors (Lipinski definition) is 1. The zero-order valence-corrected chi connectivity index (χ0v) is 22.6. The maximum atomic E-state index is 13.5. The van der Waals surface area contributed by atoms with Crippen molar-refractivity contribution in [1.29, 1.82) is 0 Å². The second-order valence-electron chi connectivity index (χ2n) is 8.81. The highest BCUT2D eigenvalue weighted by molar-refractivity contribution is 6.51. The van der Waals surface area contributed by atoms with Crippen LogP contribution in [0.15, 0.2) is 72.3 Å². The molecule has 0 saturated carbocycles. The average molecular weight is 532 g/mol. The fraction of sp³-hybridized carbons (Fsp3) is 0.290. The van der Waals surface area contributed by atoms with Gasteiger partial charge in [0.2, 0.25) is 0 Å². The van der Waals surface area contributed by atoms with Crippen molar-refractivity contribution in [2.24, 2.45) is 0 Å². The first kappa shape index (κ1) is 27.6. The summed E-state index contributed by atoms with van der Waals surface area (Å²) < 4.78 is 22.3. The fourth-order valence-corrected chi connectivity index (χ4v) is 4.50. The van der Waals surface area contributed by atoms with Crippen LogP contribution in [-0.4, -0.2) is 43.7 Å². The Morgan fingerprint density at radius 2 is 1.46 bits per heavy atom. The molecule has 4 rings (SSSR count). The zero-order chi connectivity index (χ0) is 27.9. The predicted molar refractivity (Wildman–Crippen MR) is 149 cm³/mol. The van der Waals surface area contributed by atoms with Gasteiger partial charge >= 0.3 is 0 Å². The van der Waals surface area contributed by atoms with Gasteiger partial charge in [0.1, 0.15) is 28.8 Å². The normalized spacial score (nSPS) is 16.3. The molecule has 1 unspecified atom stereocenters. The summed E-state index contributed by atoms with van der Waals surface area (Å²) in [5.74, 6) is 0.325. The lowest BCUT2D eigenvalue weighted by molar-refractivity contribution is -0.132. The van der Waals surface area contributed by atoms with Crippen LogP contribution in [0.25, 0.3) is 5.76 Å². The van der Waals surface area contributed by atoms with Crippen LogP contribution in [0, 0.1) is 0 Å². The predicted octanol–water partition coefficient (Wildman–Crippen LogP) is 5.91. The van der Waals surface area contributed by atoms with E-state index in [-0.39, 0.29) is 11.3 Å². The number of aliphatic hydroxyl groups excluding tert-OH is 1. The molecule has 1 atom stereocenters. The van der Waals surface area contributed by atoms with Crippen molar-refractivity contribution in [1.82, 2.24) is 0 Å². The van der Waals surface area contributed by atoms with Gasteiger partial charge in [0.05, 0.1) is 44.1 Å². The van der Waals surface area contributed by atoms with Crippen molar-refractivity contribution < 1.29 is 33.6 Å². The van der Waals surface area contributed by atoms with E-state index in [9.17, 15) is 14.7 Å². The minimum Gasteiger partial charge on any atom is -0.507 e. The van der Waals surface area contributed by atoms with Crippen LogP contribution in [-0.2, 0) is 9.59 Å². The number of carbonyl (C=O) groups excluding carboxylic acids is 2. The molecule has 0 aromatic heterocycles. The summed E-state index contributed by atoms with van der Waals surface area (Å²) in [7, 11) is 1.55. The van der Waals surface area contributed by atoms with Gasteiger partial charge in [0.15, 0.2) is 0 Å². The van der Waals surface area contributed by atoms with Gasteiger partial charge in [0.25, 0.3) is 11.7 Å². The van der Waals surface area contributed by atoms with E-state index >= 15 is 0 Å². The summed E-state index contributed by atoms with van der Waals surface area (Å²) in [6.45, 7) is 7.08. The van der Waals surface area contributed by atoms with Gasteiger partial charge in [-0.2, -0.15) is 0 Å². The van der Waals surface area contributed by atoms with E-state index in [4.69, 9.17) is 18.9 Å². The van der Waals surface area contributed by atoms with Gasteiger partial charge in [-0.05, 0) is 74.4 Å². The maximum absolute atomic E-state index is 13.5. The standard InChI is InChI=1S/C31H33NO7/c1-5-18-39-23-12-8-20(9-13-23)28-27(29(33)25-17-16-24(37-6-2)19-26(25)38-7-3)30(34)31(35)32(28)21-10-14-22(36-4)15-11-21/h8-17,19,28,33H,5-7,18H2,1-4H3/b29-27-. The topological polar surface area (TPSA) is 94.5 Å². The molecule has 1 saturated heterocycles. The van der Waals surface area contributed by atoms with Crippen molar-refractivity contribution in [3.8, 4) is 23.0 Å². The Bertz CT molecular complexity index is 1350. The summed E-state index contributed by atoms with van der Waals surface area (Å²) in [4.78, 5) is 28.4. The summed E-state index contributed by atoms with van der Waals surface area (Å²) in [5, 5.41) is 11.6. The van der Waals surface area contributed by atoms with Crippen molar-refractivity contribution in [2.75, 3.05) is 31.8 Å². The monoisotopic (exact) mass is 531 g/mol. The third-order valence-corrected chi connectivity index (χ3v) is 6.28. The number of Topliss-reactive ketones (excluding diaryl/α,β-unsaturated/α-hetero) is 1. The average Bonchev–Trinajstić information content (AvgIpc) is 3.22. The summed E-state index contributed by atoms with van der Waals surface area (Å²) >= 11 is 0. The molecule has 1 N–H and O–H groups in total. The molecule has 1 amide bonds. The molecule has 1 aliphatic heterocycles. The number of carbonyl (C=O) groups is 2. The number of anilines is 1. The number of aliphatic hydroxyl groups is 1. The van der Waals surface area contributed by atoms with Gasteiger partial charge in [-0.15, -0.1) is 0 Å². The number of hydrogen-bond acceptors (Lipinski definition) is 7. The third-order valence-electron chi connectivity index (χ3n) is 6.28. The second kappa shape index (κ2) is 12.4. The molecule has 8 heteroatoms. The number of methoxy groups -OCH3 is 1. The Hall–Kier alpha value is -4.46. The summed E-state index contributed by atoms with van der Waals surface area (Å²) in [5.41, 5.74) is 1.38. The Morgan fingerprint density at radius 3 is 2.08 bits per heavy atom. The Labute approximate surface area is 228 Å². The van der Waals surface area contributed by atoms with Gasteiger partial charge < -0.3 is 24.1 Å². The number of rotatable bonds is 11. The van der Waals surface area contributed by atoms with Crippen molar-refractivity contribution in [3.05, 3.63) is 83.4 Å². The van der Waals surface area contributed by atoms with E-state index in [0.717, 1.165) is 6.42 Å². The molecule has 204 valence electrons. The third kappa shape index (κ3) is 5.70. The first-order valence-corrected chi connectivity index (χ1v) is 13.0. The smallest absolute Gasteiger partial charge is 0.300 e. The quantitative estimate of drug-likeness (QED) is 0.187. The second-order valence-corrected chi connectivity index (χ2v) is 8.81. The molecular weight excluding hydrogens is 498 g/mol. The molecule has 3 aromatic rings. The summed E-state index contributed by atoms with van der Waals surface area (Å²) in [6.07, 6.45) is 0.865. The Morgan fingerprint density at radius 1 is 0.821 bits per heavy atom. The first-order chi connectivity index (χ1) is 18.9. The molecule has 0 spiro atoms. The molecule has 39 heavy (non-hydrogen) atoms. The van der Waals surface area contributed by atoms with E-state index in [1.807, 2.05) is 20.8 Å². The minimum atomic E-state index is -0.889. The molecule has 0 bridgehead atoms. The van der Waals surface area contributed by atoms with Crippen molar-refractivity contribution in [3.63, 3.8) is 0 Å². The van der Waals surface area contributed by atoms with Crippen LogP contribution in [0.5, 0.6) is 23.0 Å². The number of nitrogens with zero attached hydrogens (tertiary/aromatic N) is 1. The first-order valence-electron chi connectivity index (χ1n) is 13.0. The van der Waals surface area contributed by atoms with Crippen LogP contribution in [0.4, 0.5) is 5.69 Å². The highest BCUT2D eigenvalue weighted by Gasteiger charge is 2.47. The molecule has 1 heterocycles. The van der Waals surface area contributed by atoms with E-state index in [1.54, 1.807) is 73.8 Å². The van der Waals surface area contributed by atoms with Gasteiger partial charge in [-0.3, -0.25) is 14.5 Å². The Balaban J connectivity index is 1.88. The molecular formula is C31H33NO7. The van der Waals surface area contributed by atoms with E-state index < -0.39 is 17.7 Å². The molecule has 1 aliphatic rings. The number of amides is 1. The molecule has 1 fully saturated rings. The molecule has 0 radical (unpaired) electrons. The number of benzene rings is 3. The highest BCUT2D eigenvalue weighted by Crippen LogP contribution is 2.44. The number of ether oxygens (including phenoxy) is 4. The van der Waals surface area contributed by atoms with E-state index in [0.29, 0.717) is 59.6 Å². The lowest BCUT2D eigenvalue weighted by atomic mass is 9.94. The van der Waals surface area contributed by atoms with Gasteiger partial charge in [-0.25, -0.2) is 0 Å². The molecule has 8 nitrogen and oxygen atoms in total. The highest BCUT2D eigenvalue weighted by atomic mass is 16.5. The van der Waals surface area contributed by atoms with Crippen LogP contribution >= 0.6 is 0 Å². The van der Waals surface area contributed by atoms with Gasteiger partial charge in [-0.1, -0.05) is 19.1 Å². The van der Waals surface area contributed by atoms with Crippen LogP contribution < -0.4 is 23.8 Å². The van der Waals surface area contributed by atoms with Crippen LogP contribution in [0.2, 0.25) is 0 Å². The van der Waals surface area contributed by atoms with Crippen molar-refractivity contribution in [2.45, 2.75) is 33.2 Å².